The van der Waals surface area contributed by atoms with Gasteiger partial charge in [-0.15, -0.1) is 0 Å². The number of hydrogen-bond donors (Lipinski definition) is 0. The molecule has 0 saturated heterocycles. The SMILES string of the molecule is CCOC(=O)c1ccc2c(c1)sc(=NC(=O)c1ccc(S(C)(=O)=O)cc1)n2CC. The summed E-state index contributed by atoms with van der Waals surface area (Å²) < 4.78 is 30.9. The van der Waals surface area contributed by atoms with Gasteiger partial charge < -0.3 is 9.30 Å². The van der Waals surface area contributed by atoms with E-state index < -0.39 is 21.7 Å². The van der Waals surface area contributed by atoms with Gasteiger partial charge in [0.1, 0.15) is 0 Å². The summed E-state index contributed by atoms with van der Waals surface area (Å²) in [6.07, 6.45) is 1.11. The van der Waals surface area contributed by atoms with Gasteiger partial charge in [-0.2, -0.15) is 4.99 Å². The number of hydrogen-bond acceptors (Lipinski definition) is 6. The predicted molar refractivity (Wildman–Crippen MR) is 111 cm³/mol. The van der Waals surface area contributed by atoms with Crippen molar-refractivity contribution in [2.24, 2.45) is 4.99 Å². The van der Waals surface area contributed by atoms with Crippen molar-refractivity contribution in [1.29, 1.82) is 0 Å². The van der Waals surface area contributed by atoms with Crippen LogP contribution in [0.5, 0.6) is 0 Å². The molecule has 9 heteroatoms. The number of esters is 1. The quantitative estimate of drug-likeness (QED) is 0.578. The van der Waals surface area contributed by atoms with Gasteiger partial charge in [0.25, 0.3) is 5.91 Å². The lowest BCUT2D eigenvalue weighted by Crippen LogP contribution is -2.16. The number of aryl methyl sites for hydroxylation is 1. The topological polar surface area (TPSA) is 94.8 Å². The highest BCUT2D eigenvalue weighted by atomic mass is 32.2. The van der Waals surface area contributed by atoms with Gasteiger partial charge in [-0.05, 0) is 56.3 Å². The minimum atomic E-state index is -3.33. The van der Waals surface area contributed by atoms with Gasteiger partial charge in [0, 0.05) is 18.4 Å². The van der Waals surface area contributed by atoms with Crippen molar-refractivity contribution in [3.63, 3.8) is 0 Å². The van der Waals surface area contributed by atoms with Crippen LogP contribution in [0.1, 0.15) is 34.6 Å². The minimum Gasteiger partial charge on any atom is -0.462 e. The Balaban J connectivity index is 2.02. The summed E-state index contributed by atoms with van der Waals surface area (Å²) in [5.41, 5.74) is 1.60. The Morgan fingerprint density at radius 1 is 1.07 bits per heavy atom. The highest BCUT2D eigenvalue weighted by molar-refractivity contribution is 7.90. The Bertz CT molecular complexity index is 1250. The van der Waals surface area contributed by atoms with E-state index in [1.807, 2.05) is 17.6 Å². The maximum Gasteiger partial charge on any atom is 0.338 e. The molecule has 29 heavy (non-hydrogen) atoms. The summed E-state index contributed by atoms with van der Waals surface area (Å²) in [6, 6.07) is 10.9. The lowest BCUT2D eigenvalue weighted by atomic mass is 10.2. The first-order valence-electron chi connectivity index (χ1n) is 8.94. The van der Waals surface area contributed by atoms with E-state index in [1.54, 1.807) is 19.1 Å². The first-order valence-corrected chi connectivity index (χ1v) is 11.6. The smallest absolute Gasteiger partial charge is 0.338 e. The van der Waals surface area contributed by atoms with Gasteiger partial charge in [-0.3, -0.25) is 4.79 Å². The number of benzene rings is 2. The maximum atomic E-state index is 12.6. The predicted octanol–water partition coefficient (Wildman–Crippen LogP) is 3.04. The number of aromatic nitrogens is 1. The van der Waals surface area contributed by atoms with Crippen LogP contribution in [-0.4, -0.2) is 37.7 Å². The summed E-state index contributed by atoms with van der Waals surface area (Å²) >= 11 is 1.30. The number of ether oxygens (including phenoxy) is 1. The van der Waals surface area contributed by atoms with Crippen molar-refractivity contribution in [2.75, 3.05) is 12.9 Å². The van der Waals surface area contributed by atoms with Crippen LogP contribution in [0.25, 0.3) is 10.2 Å². The van der Waals surface area contributed by atoms with E-state index >= 15 is 0 Å². The standard InChI is InChI=1S/C20H20N2O5S2/c1-4-22-16-11-8-14(19(24)27-5-2)12-17(16)28-20(22)21-18(23)13-6-9-15(10-7-13)29(3,25)26/h6-12H,4-5H2,1-3H3. The van der Waals surface area contributed by atoms with Gasteiger partial charge in [0.05, 0.1) is 27.3 Å². The molecule has 0 spiro atoms. The van der Waals surface area contributed by atoms with Crippen LogP contribution in [0.3, 0.4) is 0 Å². The molecule has 0 aliphatic heterocycles. The maximum absolute atomic E-state index is 12.6. The van der Waals surface area contributed by atoms with Crippen molar-refractivity contribution in [2.45, 2.75) is 25.3 Å². The van der Waals surface area contributed by atoms with Gasteiger partial charge in [-0.25, -0.2) is 13.2 Å². The molecule has 3 aromatic rings. The summed E-state index contributed by atoms with van der Waals surface area (Å²) in [5.74, 6) is -0.865. The second-order valence-corrected chi connectivity index (χ2v) is 9.27. The molecule has 3 rings (SSSR count). The third-order valence-corrected chi connectivity index (χ3v) is 6.41. The fourth-order valence-corrected chi connectivity index (χ4v) is 4.56. The van der Waals surface area contributed by atoms with E-state index in [2.05, 4.69) is 4.99 Å². The minimum absolute atomic E-state index is 0.144. The number of carbonyl (C=O) groups excluding carboxylic acids is 2. The number of carbonyl (C=O) groups is 2. The molecule has 0 aliphatic carbocycles. The highest BCUT2D eigenvalue weighted by Crippen LogP contribution is 2.20. The Kier molecular flexibility index (Phi) is 5.99. The van der Waals surface area contributed by atoms with Crippen LogP contribution in [-0.2, 0) is 21.1 Å². The molecule has 0 bridgehead atoms. The monoisotopic (exact) mass is 432 g/mol. The van der Waals surface area contributed by atoms with Crippen LogP contribution in [0.4, 0.5) is 0 Å². The number of thiazole rings is 1. The summed E-state index contributed by atoms with van der Waals surface area (Å²) in [7, 11) is -3.33. The molecule has 0 fully saturated rings. The van der Waals surface area contributed by atoms with E-state index in [0.29, 0.717) is 29.1 Å². The van der Waals surface area contributed by atoms with E-state index in [4.69, 9.17) is 4.74 Å². The third-order valence-electron chi connectivity index (χ3n) is 4.24. The second-order valence-electron chi connectivity index (χ2n) is 6.25. The van der Waals surface area contributed by atoms with E-state index in [0.717, 1.165) is 16.5 Å². The molecule has 0 radical (unpaired) electrons. The Labute approximate surface area is 172 Å². The molecule has 2 aromatic carbocycles. The Morgan fingerprint density at radius 2 is 1.72 bits per heavy atom. The van der Waals surface area contributed by atoms with Crippen molar-refractivity contribution < 1.29 is 22.7 Å². The summed E-state index contributed by atoms with van der Waals surface area (Å²) in [5, 5.41) is 0. The molecule has 0 atom stereocenters. The molecule has 0 unspecified atom stereocenters. The van der Waals surface area contributed by atoms with Gasteiger partial charge in [0.15, 0.2) is 14.6 Å². The molecule has 0 aliphatic rings. The fraction of sp³-hybridized carbons (Fsp3) is 0.250. The molecule has 0 saturated carbocycles. The number of fused-ring (bicyclic) bond motifs is 1. The second kappa shape index (κ2) is 8.30. The lowest BCUT2D eigenvalue weighted by Gasteiger charge is -2.03. The number of rotatable bonds is 5. The summed E-state index contributed by atoms with van der Waals surface area (Å²) in [4.78, 5) is 29.4. The number of amides is 1. The van der Waals surface area contributed by atoms with Crippen molar-refractivity contribution in [1.82, 2.24) is 4.57 Å². The highest BCUT2D eigenvalue weighted by Gasteiger charge is 2.13. The van der Waals surface area contributed by atoms with Crippen molar-refractivity contribution in [3.8, 4) is 0 Å². The molecular weight excluding hydrogens is 412 g/mol. The molecule has 1 aromatic heterocycles. The van der Waals surface area contributed by atoms with Gasteiger partial charge >= 0.3 is 5.97 Å². The van der Waals surface area contributed by atoms with Crippen LogP contribution in [0, 0.1) is 0 Å². The normalized spacial score (nSPS) is 12.3. The first kappa shape index (κ1) is 20.9. The summed E-state index contributed by atoms with van der Waals surface area (Å²) in [6.45, 7) is 4.58. The van der Waals surface area contributed by atoms with Gasteiger partial charge in [-0.1, -0.05) is 11.3 Å². The Morgan fingerprint density at radius 3 is 2.31 bits per heavy atom. The number of sulfone groups is 1. The number of nitrogens with zero attached hydrogens (tertiary/aromatic N) is 2. The Hall–Kier alpha value is -2.78. The molecule has 0 N–H and O–H groups in total. The van der Waals surface area contributed by atoms with Crippen LogP contribution < -0.4 is 4.80 Å². The first-order chi connectivity index (χ1) is 13.7. The van der Waals surface area contributed by atoms with Gasteiger partial charge in [0.2, 0.25) is 0 Å². The largest absolute Gasteiger partial charge is 0.462 e. The zero-order chi connectivity index (χ0) is 21.2. The molecule has 7 nitrogen and oxygen atoms in total. The van der Waals surface area contributed by atoms with E-state index in [1.165, 1.54) is 35.6 Å². The molecule has 1 heterocycles. The average molecular weight is 433 g/mol. The van der Waals surface area contributed by atoms with Crippen molar-refractivity contribution in [3.05, 3.63) is 58.4 Å². The molecule has 152 valence electrons. The van der Waals surface area contributed by atoms with Crippen LogP contribution >= 0.6 is 11.3 Å². The van der Waals surface area contributed by atoms with E-state index in [9.17, 15) is 18.0 Å². The van der Waals surface area contributed by atoms with Crippen LogP contribution in [0.2, 0.25) is 0 Å². The molecular formula is C20H20N2O5S2. The fourth-order valence-electron chi connectivity index (χ4n) is 2.80. The van der Waals surface area contributed by atoms with E-state index in [-0.39, 0.29) is 4.90 Å². The zero-order valence-electron chi connectivity index (χ0n) is 16.2. The lowest BCUT2D eigenvalue weighted by molar-refractivity contribution is 0.0526. The molecule has 1 amide bonds. The third kappa shape index (κ3) is 4.46. The van der Waals surface area contributed by atoms with Crippen molar-refractivity contribution >= 4 is 43.3 Å². The zero-order valence-corrected chi connectivity index (χ0v) is 17.8. The van der Waals surface area contributed by atoms with Crippen LogP contribution in [0.15, 0.2) is 52.4 Å². The average Bonchev–Trinajstić information content (AvgIpc) is 3.03.